The summed E-state index contributed by atoms with van der Waals surface area (Å²) in [4.78, 5) is 0. The Morgan fingerprint density at radius 2 is 1.86 bits per heavy atom. The summed E-state index contributed by atoms with van der Waals surface area (Å²) in [5.74, 6) is 0.936. The van der Waals surface area contributed by atoms with E-state index in [2.05, 4.69) is 17.5 Å². The Morgan fingerprint density at radius 1 is 1.03 bits per heavy atom. The quantitative estimate of drug-likeness (QED) is 0.298. The van der Waals surface area contributed by atoms with Gasteiger partial charge in [0, 0.05) is 34.8 Å². The molecule has 2 atom stereocenters. The molecule has 5 nitrogen and oxygen atoms in total. The second-order valence-electron chi connectivity index (χ2n) is 9.15. The van der Waals surface area contributed by atoms with Gasteiger partial charge in [0.25, 0.3) is 0 Å². The summed E-state index contributed by atoms with van der Waals surface area (Å²) in [5.41, 5.74) is 5.22. The van der Waals surface area contributed by atoms with Crippen molar-refractivity contribution < 1.29 is 19.0 Å². The third-order valence-corrected chi connectivity index (χ3v) is 6.88. The lowest BCUT2D eigenvalue weighted by atomic mass is 9.96. The number of methoxy groups -OCH3 is 2. The van der Waals surface area contributed by atoms with Crippen LogP contribution in [0.25, 0.3) is 27.6 Å². The van der Waals surface area contributed by atoms with Crippen molar-refractivity contribution in [1.29, 1.82) is 0 Å². The number of nitrogens with zero attached hydrogens (tertiary/aromatic N) is 1. The fourth-order valence-corrected chi connectivity index (χ4v) is 5.26. The highest BCUT2D eigenvalue weighted by molar-refractivity contribution is 5.98. The van der Waals surface area contributed by atoms with Gasteiger partial charge in [-0.15, -0.1) is 0 Å². The highest BCUT2D eigenvalue weighted by Crippen LogP contribution is 2.43. The highest BCUT2D eigenvalue weighted by atomic mass is 19.1. The Labute approximate surface area is 216 Å². The monoisotopic (exact) mass is 498 g/mol. The van der Waals surface area contributed by atoms with E-state index < -0.39 is 12.1 Å². The molecule has 0 amide bonds. The lowest BCUT2D eigenvalue weighted by molar-refractivity contribution is 0.132. The Kier molecular flexibility index (Phi) is 7.12. The highest BCUT2D eigenvalue weighted by Gasteiger charge is 2.27. The molecule has 37 heavy (non-hydrogen) atoms. The second-order valence-corrected chi connectivity index (χ2v) is 9.15. The molecule has 2 N–H and O–H groups in total. The maximum Gasteiger partial charge on any atom is 0.168 e. The van der Waals surface area contributed by atoms with Gasteiger partial charge >= 0.3 is 0 Å². The number of allylic oxidation sites excluding steroid dienone is 4. The van der Waals surface area contributed by atoms with Gasteiger partial charge in [-0.05, 0) is 60.5 Å². The molecular formula is C31H31FN2O3. The molecule has 5 rings (SSSR count). The van der Waals surface area contributed by atoms with Crippen LogP contribution in [0.1, 0.15) is 23.6 Å². The number of halogens is 1. The van der Waals surface area contributed by atoms with Gasteiger partial charge in [-0.1, -0.05) is 48.6 Å². The van der Waals surface area contributed by atoms with E-state index >= 15 is 0 Å². The van der Waals surface area contributed by atoms with Crippen molar-refractivity contribution in [3.63, 3.8) is 0 Å². The van der Waals surface area contributed by atoms with Crippen LogP contribution in [-0.2, 0) is 0 Å². The van der Waals surface area contributed by atoms with Crippen LogP contribution in [0.15, 0.2) is 85.1 Å². The fraction of sp³-hybridized carbons (Fsp3) is 0.226. The standard InChI is InChI=1S/C31H31FN2O3/c1-33-18-28(35)30(22-15-21(16-23(32)17-22)20-9-4-5-10-20)34-19-26(24-11-6-7-13-27(24)34)25-12-8-14-29(36-2)31(25)37-3/h4,6-17,19,28,30,33,35H,5,18H2,1-3H3/t28-,30+/m1/s1. The average Bonchev–Trinajstić information content (AvgIpc) is 3.57. The van der Waals surface area contributed by atoms with E-state index in [-0.39, 0.29) is 5.82 Å². The molecule has 0 saturated carbocycles. The van der Waals surface area contributed by atoms with Crippen LogP contribution in [0.2, 0.25) is 0 Å². The Hall–Kier alpha value is -3.87. The molecule has 0 spiro atoms. The molecule has 1 aliphatic carbocycles. The molecule has 0 unspecified atom stereocenters. The van der Waals surface area contributed by atoms with Gasteiger partial charge in [-0.2, -0.15) is 0 Å². The number of ether oxygens (including phenoxy) is 2. The molecule has 0 bridgehead atoms. The first kappa shape index (κ1) is 24.8. The van der Waals surface area contributed by atoms with E-state index in [4.69, 9.17) is 9.47 Å². The topological polar surface area (TPSA) is 55.7 Å². The number of likely N-dealkylation sites (N-methyl/N-ethyl adjacent to an activating group) is 1. The number of nitrogens with one attached hydrogen (secondary N) is 1. The minimum atomic E-state index is -0.816. The first-order chi connectivity index (χ1) is 18.0. The molecule has 3 aromatic carbocycles. The van der Waals surface area contributed by atoms with Crippen LogP contribution < -0.4 is 14.8 Å². The first-order valence-electron chi connectivity index (χ1n) is 12.4. The molecule has 6 heteroatoms. The zero-order chi connectivity index (χ0) is 25.9. The summed E-state index contributed by atoms with van der Waals surface area (Å²) in [6, 6.07) is 18.3. The van der Waals surface area contributed by atoms with E-state index in [1.807, 2.05) is 65.4 Å². The van der Waals surface area contributed by atoms with Gasteiger partial charge in [0.15, 0.2) is 11.5 Å². The van der Waals surface area contributed by atoms with Crippen molar-refractivity contribution in [2.45, 2.75) is 18.6 Å². The van der Waals surface area contributed by atoms with Crippen molar-refractivity contribution in [1.82, 2.24) is 9.88 Å². The number of para-hydroxylation sites is 2. The average molecular weight is 499 g/mol. The van der Waals surface area contributed by atoms with Crippen LogP contribution in [0.5, 0.6) is 11.5 Å². The van der Waals surface area contributed by atoms with Crippen molar-refractivity contribution >= 4 is 16.5 Å². The molecule has 0 radical (unpaired) electrons. The van der Waals surface area contributed by atoms with Crippen LogP contribution in [0.3, 0.4) is 0 Å². The summed E-state index contributed by atoms with van der Waals surface area (Å²) in [7, 11) is 5.04. The molecule has 0 fully saturated rings. The van der Waals surface area contributed by atoms with Crippen LogP contribution >= 0.6 is 0 Å². The summed E-state index contributed by atoms with van der Waals surface area (Å²) < 4.78 is 28.3. The van der Waals surface area contributed by atoms with Gasteiger partial charge < -0.3 is 24.5 Å². The minimum Gasteiger partial charge on any atom is -0.493 e. The van der Waals surface area contributed by atoms with E-state index in [1.54, 1.807) is 27.3 Å². The third kappa shape index (κ3) is 4.66. The van der Waals surface area contributed by atoms with Crippen molar-refractivity contribution in [2.75, 3.05) is 27.8 Å². The number of hydrogen-bond acceptors (Lipinski definition) is 4. The van der Waals surface area contributed by atoms with Crippen LogP contribution in [0, 0.1) is 5.82 Å². The number of rotatable bonds is 9. The van der Waals surface area contributed by atoms with E-state index in [0.717, 1.165) is 39.6 Å². The second kappa shape index (κ2) is 10.6. The number of fused-ring (bicyclic) bond motifs is 1. The normalized spacial score (nSPS) is 14.6. The van der Waals surface area contributed by atoms with E-state index in [9.17, 15) is 9.50 Å². The third-order valence-electron chi connectivity index (χ3n) is 6.88. The molecule has 1 aliphatic rings. The number of hydrogen-bond donors (Lipinski definition) is 2. The summed E-state index contributed by atoms with van der Waals surface area (Å²) >= 11 is 0. The maximum atomic E-state index is 15.0. The zero-order valence-electron chi connectivity index (χ0n) is 21.2. The van der Waals surface area contributed by atoms with E-state index in [1.165, 1.54) is 6.07 Å². The largest absolute Gasteiger partial charge is 0.493 e. The predicted molar refractivity (Wildman–Crippen MR) is 147 cm³/mol. The van der Waals surface area contributed by atoms with Gasteiger partial charge in [0.1, 0.15) is 5.82 Å². The molecule has 4 aromatic rings. The first-order valence-corrected chi connectivity index (χ1v) is 12.4. The maximum absolute atomic E-state index is 15.0. The van der Waals surface area contributed by atoms with Crippen molar-refractivity contribution in [3.05, 3.63) is 102 Å². The minimum absolute atomic E-state index is 0.332. The molecule has 0 saturated heterocycles. The smallest absolute Gasteiger partial charge is 0.168 e. The Balaban J connectivity index is 1.74. The molecule has 190 valence electrons. The summed E-state index contributed by atoms with van der Waals surface area (Å²) in [6.07, 6.45) is 8.18. The number of benzene rings is 3. The number of aliphatic hydroxyl groups excluding tert-OH is 1. The summed E-state index contributed by atoms with van der Waals surface area (Å²) in [5, 5.41) is 15.5. The van der Waals surface area contributed by atoms with Crippen LogP contribution in [-0.4, -0.2) is 43.6 Å². The van der Waals surface area contributed by atoms with Crippen molar-refractivity contribution in [2.24, 2.45) is 0 Å². The molecule has 1 heterocycles. The Morgan fingerprint density at radius 3 is 2.59 bits per heavy atom. The van der Waals surface area contributed by atoms with E-state index in [0.29, 0.717) is 23.6 Å². The SMILES string of the molecule is CNC[C@@H](O)[C@H](c1cc(F)cc(C2=CCC=C2)c1)n1cc(-c2cccc(OC)c2OC)c2ccccc21. The molecule has 1 aromatic heterocycles. The molecular weight excluding hydrogens is 467 g/mol. The zero-order valence-corrected chi connectivity index (χ0v) is 21.2. The predicted octanol–water partition coefficient (Wildman–Crippen LogP) is 5.98. The Bertz CT molecular complexity index is 1490. The van der Waals surface area contributed by atoms with Gasteiger partial charge in [0.05, 0.1) is 26.4 Å². The lowest BCUT2D eigenvalue weighted by Crippen LogP contribution is -2.33. The summed E-state index contributed by atoms with van der Waals surface area (Å²) in [6.45, 7) is 0.337. The van der Waals surface area contributed by atoms with Crippen LogP contribution in [0.4, 0.5) is 4.39 Å². The van der Waals surface area contributed by atoms with Gasteiger partial charge in [-0.3, -0.25) is 0 Å². The van der Waals surface area contributed by atoms with Crippen molar-refractivity contribution in [3.8, 4) is 22.6 Å². The van der Waals surface area contributed by atoms with Gasteiger partial charge in [-0.25, -0.2) is 4.39 Å². The fourth-order valence-electron chi connectivity index (χ4n) is 5.26. The lowest BCUT2D eigenvalue weighted by Gasteiger charge is -2.27. The number of aromatic nitrogens is 1. The van der Waals surface area contributed by atoms with Gasteiger partial charge in [0.2, 0.25) is 0 Å². The number of aliphatic hydroxyl groups is 1. The molecule has 0 aliphatic heterocycles.